The van der Waals surface area contributed by atoms with E-state index in [1.807, 2.05) is 0 Å². The van der Waals surface area contributed by atoms with Crippen LogP contribution in [0.3, 0.4) is 0 Å². The highest BCUT2D eigenvalue weighted by molar-refractivity contribution is 9.10. The van der Waals surface area contributed by atoms with Crippen LogP contribution in [-0.4, -0.2) is 24.2 Å². The van der Waals surface area contributed by atoms with Crippen LogP contribution in [0.15, 0.2) is 22.7 Å². The van der Waals surface area contributed by atoms with Crippen molar-refractivity contribution in [2.45, 2.75) is 6.61 Å². The second-order valence-corrected chi connectivity index (χ2v) is 5.03. The number of methoxy groups -OCH3 is 2. The van der Waals surface area contributed by atoms with E-state index in [0.29, 0.717) is 21.6 Å². The fourth-order valence-corrected chi connectivity index (χ4v) is 2.11. The Kier molecular flexibility index (Phi) is 4.91. The molecule has 7 heteroatoms. The molecule has 2 rings (SSSR count). The first-order chi connectivity index (χ1) is 9.56. The van der Waals surface area contributed by atoms with Crippen LogP contribution in [0, 0.1) is 5.82 Å². The minimum Gasteiger partial charge on any atom is -0.494 e. The third-order valence-electron chi connectivity index (χ3n) is 2.57. The Morgan fingerprint density at radius 1 is 1.30 bits per heavy atom. The molecule has 1 aromatic heterocycles. The van der Waals surface area contributed by atoms with Gasteiger partial charge in [-0.3, -0.25) is 0 Å². The lowest BCUT2D eigenvalue weighted by Crippen LogP contribution is -2.00. The van der Waals surface area contributed by atoms with Crippen molar-refractivity contribution < 1.29 is 13.9 Å². The van der Waals surface area contributed by atoms with Crippen molar-refractivity contribution in [1.29, 1.82) is 0 Å². The van der Waals surface area contributed by atoms with Crippen LogP contribution in [0.25, 0.3) is 11.4 Å². The van der Waals surface area contributed by atoms with E-state index in [1.165, 1.54) is 19.2 Å². The van der Waals surface area contributed by atoms with Crippen LogP contribution >= 0.6 is 27.5 Å². The summed E-state index contributed by atoms with van der Waals surface area (Å²) in [7, 11) is 2.96. The second-order valence-electron chi connectivity index (χ2n) is 3.88. The zero-order valence-corrected chi connectivity index (χ0v) is 13.1. The van der Waals surface area contributed by atoms with Gasteiger partial charge in [0.15, 0.2) is 17.4 Å². The summed E-state index contributed by atoms with van der Waals surface area (Å²) in [6.07, 6.45) is 0. The summed E-state index contributed by atoms with van der Waals surface area (Å²) in [6.45, 7) is 0.272. The molecule has 106 valence electrons. The number of aromatic nitrogens is 2. The van der Waals surface area contributed by atoms with E-state index < -0.39 is 5.82 Å². The van der Waals surface area contributed by atoms with Gasteiger partial charge in [-0.25, -0.2) is 14.4 Å². The molecule has 0 N–H and O–H groups in total. The number of hydrogen-bond donors (Lipinski definition) is 0. The lowest BCUT2D eigenvalue weighted by Gasteiger charge is -2.08. The number of halogens is 3. The van der Waals surface area contributed by atoms with Crippen molar-refractivity contribution in [3.63, 3.8) is 0 Å². The molecule has 0 aliphatic heterocycles. The molecule has 0 fully saturated rings. The van der Waals surface area contributed by atoms with Gasteiger partial charge in [0.05, 0.1) is 23.9 Å². The summed E-state index contributed by atoms with van der Waals surface area (Å²) in [6, 6.07) is 4.48. The van der Waals surface area contributed by atoms with E-state index in [0.717, 1.165) is 0 Å². The van der Waals surface area contributed by atoms with Gasteiger partial charge >= 0.3 is 0 Å². The van der Waals surface area contributed by atoms with E-state index in [9.17, 15) is 4.39 Å². The van der Waals surface area contributed by atoms with Gasteiger partial charge in [0.1, 0.15) is 5.15 Å². The van der Waals surface area contributed by atoms with Gasteiger partial charge < -0.3 is 9.47 Å². The average Bonchev–Trinajstić information content (AvgIpc) is 2.43. The number of ether oxygens (including phenoxy) is 2. The molecule has 0 saturated heterocycles. The smallest absolute Gasteiger partial charge is 0.165 e. The zero-order valence-electron chi connectivity index (χ0n) is 10.8. The molecule has 0 aliphatic rings. The van der Waals surface area contributed by atoms with Crippen molar-refractivity contribution in [2.75, 3.05) is 14.2 Å². The van der Waals surface area contributed by atoms with E-state index in [2.05, 4.69) is 25.9 Å². The summed E-state index contributed by atoms with van der Waals surface area (Å²) in [5.74, 6) is 0.00168. The number of rotatable bonds is 4. The molecule has 0 unspecified atom stereocenters. The number of benzene rings is 1. The minimum absolute atomic E-state index is 0.161. The summed E-state index contributed by atoms with van der Waals surface area (Å²) in [4.78, 5) is 8.44. The molecule has 0 saturated carbocycles. The van der Waals surface area contributed by atoms with Crippen LogP contribution in [0.5, 0.6) is 5.75 Å². The summed E-state index contributed by atoms with van der Waals surface area (Å²) in [5, 5.41) is 0.248. The highest BCUT2D eigenvalue weighted by Gasteiger charge is 2.13. The van der Waals surface area contributed by atoms with E-state index in [1.54, 1.807) is 13.2 Å². The Bertz CT molecular complexity index is 640. The van der Waals surface area contributed by atoms with Crippen molar-refractivity contribution in [3.05, 3.63) is 39.3 Å². The van der Waals surface area contributed by atoms with Crippen molar-refractivity contribution in [1.82, 2.24) is 9.97 Å². The molecule has 0 radical (unpaired) electrons. The minimum atomic E-state index is -0.485. The van der Waals surface area contributed by atoms with Gasteiger partial charge in [-0.15, -0.1) is 0 Å². The topological polar surface area (TPSA) is 44.2 Å². The largest absolute Gasteiger partial charge is 0.494 e. The Morgan fingerprint density at radius 2 is 2.05 bits per heavy atom. The van der Waals surface area contributed by atoms with Crippen LogP contribution in [-0.2, 0) is 11.3 Å². The first kappa shape index (κ1) is 15.2. The Hall–Kier alpha value is -1.24. The maximum absolute atomic E-state index is 13.7. The molecule has 1 aromatic carbocycles. The average molecular weight is 362 g/mol. The number of nitrogens with zero attached hydrogens (tertiary/aromatic N) is 2. The molecule has 20 heavy (non-hydrogen) atoms. The molecule has 4 nitrogen and oxygen atoms in total. The van der Waals surface area contributed by atoms with Gasteiger partial charge in [0.2, 0.25) is 0 Å². The van der Waals surface area contributed by atoms with Crippen LogP contribution in [0.4, 0.5) is 4.39 Å². The predicted octanol–water partition coefficient (Wildman–Crippen LogP) is 3.85. The van der Waals surface area contributed by atoms with E-state index in [-0.39, 0.29) is 17.5 Å². The summed E-state index contributed by atoms with van der Waals surface area (Å²) >= 11 is 9.33. The third kappa shape index (κ3) is 3.08. The Balaban J connectivity index is 2.49. The van der Waals surface area contributed by atoms with Gasteiger partial charge in [-0.1, -0.05) is 11.6 Å². The van der Waals surface area contributed by atoms with Crippen molar-refractivity contribution in [2.24, 2.45) is 0 Å². The maximum Gasteiger partial charge on any atom is 0.165 e. The summed E-state index contributed by atoms with van der Waals surface area (Å²) in [5.41, 5.74) is 1.11. The van der Waals surface area contributed by atoms with Crippen LogP contribution in [0.2, 0.25) is 5.15 Å². The molecule has 2 aromatic rings. The maximum atomic E-state index is 13.7. The molecule has 0 bridgehead atoms. The predicted molar refractivity (Wildman–Crippen MR) is 77.4 cm³/mol. The first-order valence-corrected chi connectivity index (χ1v) is 6.78. The van der Waals surface area contributed by atoms with Crippen LogP contribution in [0.1, 0.15) is 5.69 Å². The molecule has 0 spiro atoms. The molecule has 0 atom stereocenters. The fraction of sp³-hybridized carbons (Fsp3) is 0.231. The highest BCUT2D eigenvalue weighted by Crippen LogP contribution is 2.29. The highest BCUT2D eigenvalue weighted by atomic mass is 79.9. The normalized spacial score (nSPS) is 10.7. The fourth-order valence-electron chi connectivity index (χ4n) is 1.63. The van der Waals surface area contributed by atoms with Crippen LogP contribution < -0.4 is 4.74 Å². The molecular weight excluding hydrogens is 351 g/mol. The summed E-state index contributed by atoms with van der Waals surface area (Å²) < 4.78 is 24.2. The Labute approximate surface area is 129 Å². The second kappa shape index (κ2) is 6.47. The van der Waals surface area contributed by atoms with Gasteiger partial charge in [-0.2, -0.15) is 0 Å². The molecular formula is C13H11BrClFN2O2. The SMILES string of the molecule is COCc1nc(-c2ccc(OC)c(F)c2)nc(Cl)c1Br. The molecule has 0 aliphatic carbocycles. The van der Waals surface area contributed by atoms with E-state index in [4.69, 9.17) is 21.1 Å². The van der Waals surface area contributed by atoms with Gasteiger partial charge in [-0.05, 0) is 34.1 Å². The van der Waals surface area contributed by atoms with E-state index >= 15 is 0 Å². The first-order valence-electron chi connectivity index (χ1n) is 5.61. The third-order valence-corrected chi connectivity index (χ3v) is 3.91. The molecule has 0 amide bonds. The standard InChI is InChI=1S/C13H11BrClFN2O2/c1-19-6-9-11(14)12(15)18-13(17-9)7-3-4-10(20-2)8(16)5-7/h3-5H,6H2,1-2H3. The lowest BCUT2D eigenvalue weighted by molar-refractivity contribution is 0.181. The van der Waals surface area contributed by atoms with Crippen molar-refractivity contribution in [3.8, 4) is 17.1 Å². The van der Waals surface area contributed by atoms with Gasteiger partial charge in [0.25, 0.3) is 0 Å². The number of hydrogen-bond acceptors (Lipinski definition) is 4. The lowest BCUT2D eigenvalue weighted by atomic mass is 10.2. The zero-order chi connectivity index (χ0) is 14.7. The monoisotopic (exact) mass is 360 g/mol. The van der Waals surface area contributed by atoms with Crippen molar-refractivity contribution >= 4 is 27.5 Å². The Morgan fingerprint density at radius 3 is 2.65 bits per heavy atom. The van der Waals surface area contributed by atoms with Gasteiger partial charge in [0, 0.05) is 12.7 Å². The molecule has 1 heterocycles. The quantitative estimate of drug-likeness (QED) is 0.776.